The van der Waals surface area contributed by atoms with Crippen molar-refractivity contribution in [1.82, 2.24) is 0 Å². The third-order valence-corrected chi connectivity index (χ3v) is 3.66. The van der Waals surface area contributed by atoms with Gasteiger partial charge in [0.25, 0.3) is 0 Å². The Hall–Kier alpha value is -1.96. The van der Waals surface area contributed by atoms with Crippen molar-refractivity contribution in [2.75, 3.05) is 0 Å². The first kappa shape index (κ1) is 12.1. The summed E-state index contributed by atoms with van der Waals surface area (Å²) in [7, 11) is 0. The second-order valence-electron chi connectivity index (χ2n) is 5.26. The fraction of sp³-hybridized carbons (Fsp3) is 0.294. The van der Waals surface area contributed by atoms with E-state index < -0.39 is 0 Å². The molecule has 98 valence electrons. The average Bonchev–Trinajstić information content (AvgIpc) is 2.42. The summed E-state index contributed by atoms with van der Waals surface area (Å²) in [5, 5.41) is 9.46. The molecule has 0 aromatic heterocycles. The summed E-state index contributed by atoms with van der Waals surface area (Å²) in [5.74, 6) is 1.24. The van der Waals surface area contributed by atoms with Crippen molar-refractivity contribution in [2.45, 2.75) is 32.3 Å². The van der Waals surface area contributed by atoms with E-state index in [4.69, 9.17) is 4.74 Å². The summed E-state index contributed by atoms with van der Waals surface area (Å²) in [5.41, 5.74) is 3.71. The Labute approximate surface area is 113 Å². The molecule has 0 spiro atoms. The van der Waals surface area contributed by atoms with E-state index in [2.05, 4.69) is 31.2 Å². The van der Waals surface area contributed by atoms with Crippen LogP contribution in [0.4, 0.5) is 0 Å². The first-order valence-electron chi connectivity index (χ1n) is 6.75. The summed E-state index contributed by atoms with van der Waals surface area (Å²) in [6.45, 7) is 2.10. The zero-order valence-electron chi connectivity index (χ0n) is 11.1. The number of fused-ring (bicyclic) bond motifs is 1. The molecule has 1 aliphatic rings. The zero-order chi connectivity index (χ0) is 13.2. The lowest BCUT2D eigenvalue weighted by Gasteiger charge is -2.26. The van der Waals surface area contributed by atoms with Gasteiger partial charge in [0.15, 0.2) is 0 Å². The summed E-state index contributed by atoms with van der Waals surface area (Å²) < 4.78 is 6.01. The molecule has 0 fully saturated rings. The molecule has 0 aliphatic carbocycles. The SMILES string of the molecule is Cc1ccc(CC2CCc3cc(O)ccc3O2)cc1. The van der Waals surface area contributed by atoms with Gasteiger partial charge in [0.1, 0.15) is 17.6 Å². The lowest BCUT2D eigenvalue weighted by molar-refractivity contribution is 0.173. The largest absolute Gasteiger partial charge is 0.508 e. The van der Waals surface area contributed by atoms with Gasteiger partial charge in [0.2, 0.25) is 0 Å². The van der Waals surface area contributed by atoms with E-state index in [1.54, 1.807) is 12.1 Å². The Morgan fingerprint density at radius 1 is 1.16 bits per heavy atom. The topological polar surface area (TPSA) is 29.5 Å². The molecule has 1 unspecified atom stereocenters. The van der Waals surface area contributed by atoms with Crippen molar-refractivity contribution in [2.24, 2.45) is 0 Å². The zero-order valence-corrected chi connectivity index (χ0v) is 11.1. The lowest BCUT2D eigenvalue weighted by Crippen LogP contribution is -2.24. The van der Waals surface area contributed by atoms with Crippen LogP contribution in [-0.2, 0) is 12.8 Å². The molecule has 0 bridgehead atoms. The molecule has 2 nitrogen and oxygen atoms in total. The minimum Gasteiger partial charge on any atom is -0.508 e. The number of rotatable bonds is 2. The van der Waals surface area contributed by atoms with Gasteiger partial charge in [-0.05, 0) is 49.1 Å². The van der Waals surface area contributed by atoms with Crippen LogP contribution in [0, 0.1) is 6.92 Å². The first-order chi connectivity index (χ1) is 9.20. The summed E-state index contributed by atoms with van der Waals surface area (Å²) >= 11 is 0. The maximum atomic E-state index is 9.46. The van der Waals surface area contributed by atoms with Crippen LogP contribution in [-0.4, -0.2) is 11.2 Å². The number of aromatic hydroxyl groups is 1. The fourth-order valence-electron chi connectivity index (χ4n) is 2.56. The number of hydrogen-bond acceptors (Lipinski definition) is 2. The molecule has 1 N–H and O–H groups in total. The number of aryl methyl sites for hydroxylation is 2. The molecule has 0 amide bonds. The van der Waals surface area contributed by atoms with Crippen LogP contribution in [0.3, 0.4) is 0 Å². The molecule has 2 aromatic rings. The van der Waals surface area contributed by atoms with Gasteiger partial charge in [0, 0.05) is 6.42 Å². The maximum absolute atomic E-state index is 9.46. The number of benzene rings is 2. The molecule has 1 atom stereocenters. The molecule has 19 heavy (non-hydrogen) atoms. The Bertz CT molecular complexity index is 572. The highest BCUT2D eigenvalue weighted by atomic mass is 16.5. The molecule has 2 heteroatoms. The van der Waals surface area contributed by atoms with E-state index >= 15 is 0 Å². The fourth-order valence-corrected chi connectivity index (χ4v) is 2.56. The van der Waals surface area contributed by atoms with Crippen LogP contribution in [0.1, 0.15) is 23.1 Å². The van der Waals surface area contributed by atoms with Crippen molar-refractivity contribution in [1.29, 1.82) is 0 Å². The third-order valence-electron chi connectivity index (χ3n) is 3.66. The Morgan fingerprint density at radius 3 is 2.74 bits per heavy atom. The third kappa shape index (κ3) is 2.73. The van der Waals surface area contributed by atoms with Crippen LogP contribution < -0.4 is 4.74 Å². The standard InChI is InChI=1S/C17H18O2/c1-12-2-4-13(5-3-12)10-16-8-6-14-11-15(18)7-9-17(14)19-16/h2-5,7,9,11,16,18H,6,8,10H2,1H3. The van der Waals surface area contributed by atoms with E-state index in [1.165, 1.54) is 11.1 Å². The van der Waals surface area contributed by atoms with Gasteiger partial charge in [-0.1, -0.05) is 29.8 Å². The lowest BCUT2D eigenvalue weighted by atomic mass is 9.97. The number of ether oxygens (including phenoxy) is 1. The number of phenolic OH excluding ortho intramolecular Hbond substituents is 1. The molecule has 3 rings (SSSR count). The van der Waals surface area contributed by atoms with Crippen molar-refractivity contribution >= 4 is 0 Å². The highest BCUT2D eigenvalue weighted by Crippen LogP contribution is 2.31. The molecule has 1 aliphatic heterocycles. The van der Waals surface area contributed by atoms with E-state index in [0.717, 1.165) is 30.6 Å². The van der Waals surface area contributed by atoms with Gasteiger partial charge in [-0.25, -0.2) is 0 Å². The number of hydrogen-bond donors (Lipinski definition) is 1. The Morgan fingerprint density at radius 2 is 1.95 bits per heavy atom. The number of phenols is 1. The van der Waals surface area contributed by atoms with E-state index in [9.17, 15) is 5.11 Å². The molecule has 2 aromatic carbocycles. The predicted molar refractivity (Wildman–Crippen MR) is 75.7 cm³/mol. The van der Waals surface area contributed by atoms with Crippen molar-refractivity contribution in [3.8, 4) is 11.5 Å². The van der Waals surface area contributed by atoms with E-state index in [1.807, 2.05) is 6.07 Å². The highest BCUT2D eigenvalue weighted by molar-refractivity contribution is 5.41. The minimum atomic E-state index is 0.236. The van der Waals surface area contributed by atoms with Crippen LogP contribution >= 0.6 is 0 Å². The summed E-state index contributed by atoms with van der Waals surface area (Å²) in [6.07, 6.45) is 3.16. The quantitative estimate of drug-likeness (QED) is 0.886. The van der Waals surface area contributed by atoms with Crippen LogP contribution in [0.5, 0.6) is 11.5 Å². The Balaban J connectivity index is 1.72. The first-order valence-corrected chi connectivity index (χ1v) is 6.75. The summed E-state index contributed by atoms with van der Waals surface area (Å²) in [4.78, 5) is 0. The van der Waals surface area contributed by atoms with Gasteiger partial charge in [-0.3, -0.25) is 0 Å². The molecule has 0 saturated carbocycles. The molecular formula is C17H18O2. The van der Waals surface area contributed by atoms with E-state index in [0.29, 0.717) is 5.75 Å². The predicted octanol–water partition coefficient (Wildman–Crippen LogP) is 3.64. The summed E-state index contributed by atoms with van der Waals surface area (Å²) in [6, 6.07) is 14.0. The second kappa shape index (κ2) is 4.96. The molecule has 0 radical (unpaired) electrons. The minimum absolute atomic E-state index is 0.236. The van der Waals surface area contributed by atoms with Gasteiger partial charge in [-0.15, -0.1) is 0 Å². The molecule has 1 heterocycles. The smallest absolute Gasteiger partial charge is 0.123 e. The van der Waals surface area contributed by atoms with Gasteiger partial charge < -0.3 is 9.84 Å². The second-order valence-corrected chi connectivity index (χ2v) is 5.26. The van der Waals surface area contributed by atoms with Crippen molar-refractivity contribution in [3.05, 3.63) is 59.2 Å². The van der Waals surface area contributed by atoms with E-state index in [-0.39, 0.29) is 6.10 Å². The van der Waals surface area contributed by atoms with Gasteiger partial charge >= 0.3 is 0 Å². The normalized spacial score (nSPS) is 17.6. The average molecular weight is 254 g/mol. The molecule has 0 saturated heterocycles. The van der Waals surface area contributed by atoms with Crippen LogP contribution in [0.15, 0.2) is 42.5 Å². The monoisotopic (exact) mass is 254 g/mol. The maximum Gasteiger partial charge on any atom is 0.123 e. The highest BCUT2D eigenvalue weighted by Gasteiger charge is 2.20. The van der Waals surface area contributed by atoms with Gasteiger partial charge in [0.05, 0.1) is 0 Å². The van der Waals surface area contributed by atoms with Crippen molar-refractivity contribution < 1.29 is 9.84 Å². The van der Waals surface area contributed by atoms with Crippen molar-refractivity contribution in [3.63, 3.8) is 0 Å². The van der Waals surface area contributed by atoms with Crippen LogP contribution in [0.2, 0.25) is 0 Å². The van der Waals surface area contributed by atoms with Gasteiger partial charge in [-0.2, -0.15) is 0 Å². The Kier molecular flexibility index (Phi) is 3.16. The molecular weight excluding hydrogens is 236 g/mol. The van der Waals surface area contributed by atoms with Crippen LogP contribution in [0.25, 0.3) is 0 Å².